The Morgan fingerprint density at radius 1 is 1.21 bits per heavy atom. The molecule has 0 bridgehead atoms. The Morgan fingerprint density at radius 2 is 1.86 bits per heavy atom. The number of carbonyl (C=O) groups excluding carboxylic acids is 2. The molecule has 6 heteroatoms. The first-order chi connectivity index (χ1) is 6.61. The quantitative estimate of drug-likeness (QED) is 0.358. The van der Waals surface area contributed by atoms with Gasteiger partial charge < -0.3 is 22.5 Å². The van der Waals surface area contributed by atoms with E-state index in [1.165, 1.54) is 0 Å². The number of nitrogens with one attached hydrogen (secondary N) is 1. The number of hydrogen-bond donors (Lipinski definition) is 4. The molecule has 0 saturated carbocycles. The van der Waals surface area contributed by atoms with Crippen molar-refractivity contribution in [2.45, 2.75) is 25.3 Å². The molecule has 0 rings (SSSR count). The van der Waals surface area contributed by atoms with Crippen molar-refractivity contribution >= 4 is 11.8 Å². The summed E-state index contributed by atoms with van der Waals surface area (Å²) in [5, 5.41) is 2.45. The molecule has 82 valence electrons. The third-order valence-electron chi connectivity index (χ3n) is 1.81. The van der Waals surface area contributed by atoms with Crippen LogP contribution in [0.1, 0.15) is 19.3 Å². The summed E-state index contributed by atoms with van der Waals surface area (Å²) < 4.78 is 0. The van der Waals surface area contributed by atoms with Crippen molar-refractivity contribution in [1.82, 2.24) is 5.32 Å². The predicted molar refractivity (Wildman–Crippen MR) is 53.1 cm³/mol. The molecule has 7 N–H and O–H groups in total. The highest BCUT2D eigenvalue weighted by Gasteiger charge is 2.16. The van der Waals surface area contributed by atoms with Gasteiger partial charge in [0.2, 0.25) is 11.8 Å². The van der Waals surface area contributed by atoms with Crippen LogP contribution in [0.15, 0.2) is 0 Å². The Hall–Kier alpha value is -1.14. The van der Waals surface area contributed by atoms with E-state index in [0.717, 1.165) is 12.8 Å². The molecule has 0 aromatic heterocycles. The summed E-state index contributed by atoms with van der Waals surface area (Å²) in [6.45, 7) is 0.428. The van der Waals surface area contributed by atoms with Crippen molar-refractivity contribution in [3.63, 3.8) is 0 Å². The SMILES string of the molecule is NCCCC[C@@H](NC(=O)CN)C(N)=O. The summed E-state index contributed by atoms with van der Waals surface area (Å²) in [6, 6.07) is -0.627. The summed E-state index contributed by atoms with van der Waals surface area (Å²) in [7, 11) is 0. The fourth-order valence-electron chi connectivity index (χ4n) is 1.03. The predicted octanol–water partition coefficient (Wildman–Crippen LogP) is -1.96. The van der Waals surface area contributed by atoms with Crippen LogP contribution >= 0.6 is 0 Å². The fraction of sp³-hybridized carbons (Fsp3) is 0.750. The maximum absolute atomic E-state index is 10.9. The van der Waals surface area contributed by atoms with Crippen molar-refractivity contribution in [3.05, 3.63) is 0 Å². The van der Waals surface area contributed by atoms with E-state index >= 15 is 0 Å². The van der Waals surface area contributed by atoms with E-state index in [2.05, 4.69) is 5.32 Å². The lowest BCUT2D eigenvalue weighted by molar-refractivity contribution is -0.126. The molecule has 0 aliphatic carbocycles. The lowest BCUT2D eigenvalue weighted by Crippen LogP contribution is -2.46. The normalized spacial score (nSPS) is 12.1. The fourth-order valence-corrected chi connectivity index (χ4v) is 1.03. The molecule has 14 heavy (non-hydrogen) atoms. The van der Waals surface area contributed by atoms with Gasteiger partial charge in [0.15, 0.2) is 0 Å². The third kappa shape index (κ3) is 5.50. The van der Waals surface area contributed by atoms with Crippen LogP contribution in [0.5, 0.6) is 0 Å². The van der Waals surface area contributed by atoms with Crippen LogP contribution in [-0.2, 0) is 9.59 Å². The number of carbonyl (C=O) groups is 2. The average molecular weight is 202 g/mol. The zero-order valence-corrected chi connectivity index (χ0v) is 8.16. The second kappa shape index (κ2) is 7.28. The van der Waals surface area contributed by atoms with E-state index in [-0.39, 0.29) is 12.5 Å². The number of unbranched alkanes of at least 4 members (excludes halogenated alkanes) is 1. The van der Waals surface area contributed by atoms with Gasteiger partial charge >= 0.3 is 0 Å². The van der Waals surface area contributed by atoms with Crippen LogP contribution in [0.25, 0.3) is 0 Å². The third-order valence-corrected chi connectivity index (χ3v) is 1.81. The highest BCUT2D eigenvalue weighted by molar-refractivity contribution is 5.87. The molecular formula is C8H18N4O2. The van der Waals surface area contributed by atoms with Gasteiger partial charge in [-0.3, -0.25) is 9.59 Å². The molecule has 1 atom stereocenters. The monoisotopic (exact) mass is 202 g/mol. The molecule has 0 heterocycles. The maximum atomic E-state index is 10.9. The highest BCUT2D eigenvalue weighted by Crippen LogP contribution is 1.99. The minimum Gasteiger partial charge on any atom is -0.368 e. The Balaban J connectivity index is 3.90. The summed E-state index contributed by atoms with van der Waals surface area (Å²) in [4.78, 5) is 21.8. The Morgan fingerprint density at radius 3 is 2.29 bits per heavy atom. The summed E-state index contributed by atoms with van der Waals surface area (Å²) in [6.07, 6.45) is 2.08. The largest absolute Gasteiger partial charge is 0.368 e. The molecule has 2 amide bonds. The Bertz CT molecular complexity index is 196. The first kappa shape index (κ1) is 12.9. The number of amides is 2. The van der Waals surface area contributed by atoms with Crippen molar-refractivity contribution in [3.8, 4) is 0 Å². The Kier molecular flexibility index (Phi) is 6.69. The van der Waals surface area contributed by atoms with Gasteiger partial charge in [-0.2, -0.15) is 0 Å². The molecule has 0 aromatic carbocycles. The van der Waals surface area contributed by atoms with E-state index in [4.69, 9.17) is 17.2 Å². The van der Waals surface area contributed by atoms with Crippen molar-refractivity contribution < 1.29 is 9.59 Å². The summed E-state index contributed by atoms with van der Waals surface area (Å²) >= 11 is 0. The smallest absolute Gasteiger partial charge is 0.240 e. The molecule has 0 spiro atoms. The first-order valence-corrected chi connectivity index (χ1v) is 4.60. The van der Waals surface area contributed by atoms with Crippen molar-refractivity contribution in [2.24, 2.45) is 17.2 Å². The van der Waals surface area contributed by atoms with Crippen LogP contribution in [0, 0.1) is 0 Å². The first-order valence-electron chi connectivity index (χ1n) is 4.60. The van der Waals surface area contributed by atoms with E-state index in [1.54, 1.807) is 0 Å². The molecule has 0 fully saturated rings. The molecule has 0 unspecified atom stereocenters. The Labute approximate surface area is 83.2 Å². The van der Waals surface area contributed by atoms with Crippen LogP contribution in [0.2, 0.25) is 0 Å². The number of rotatable bonds is 7. The van der Waals surface area contributed by atoms with Crippen LogP contribution in [-0.4, -0.2) is 30.9 Å². The summed E-state index contributed by atoms with van der Waals surface area (Å²) in [5.41, 5.74) is 15.5. The number of hydrogen-bond acceptors (Lipinski definition) is 4. The second-order valence-electron chi connectivity index (χ2n) is 3.01. The van der Waals surface area contributed by atoms with Gasteiger partial charge in [-0.25, -0.2) is 0 Å². The zero-order chi connectivity index (χ0) is 11.0. The molecule has 6 nitrogen and oxygen atoms in total. The number of nitrogens with two attached hydrogens (primary N) is 3. The topological polar surface area (TPSA) is 124 Å². The maximum Gasteiger partial charge on any atom is 0.240 e. The minimum atomic E-state index is -0.627. The van der Waals surface area contributed by atoms with Gasteiger partial charge in [0.25, 0.3) is 0 Å². The molecule has 0 aliphatic rings. The lowest BCUT2D eigenvalue weighted by Gasteiger charge is -2.14. The molecule has 0 aromatic rings. The van der Waals surface area contributed by atoms with E-state index in [9.17, 15) is 9.59 Å². The molecule has 0 aliphatic heterocycles. The van der Waals surface area contributed by atoms with Gasteiger partial charge in [0.05, 0.1) is 6.54 Å². The van der Waals surface area contributed by atoms with Crippen molar-refractivity contribution in [1.29, 1.82) is 0 Å². The van der Waals surface area contributed by atoms with E-state index in [1.807, 2.05) is 0 Å². The molecule has 0 radical (unpaired) electrons. The van der Waals surface area contributed by atoms with Crippen LogP contribution < -0.4 is 22.5 Å². The molecular weight excluding hydrogens is 184 g/mol. The van der Waals surface area contributed by atoms with Gasteiger partial charge in [-0.05, 0) is 25.8 Å². The van der Waals surface area contributed by atoms with Crippen LogP contribution in [0.3, 0.4) is 0 Å². The standard InChI is InChI=1S/C8H18N4O2/c9-4-2-1-3-6(8(11)14)12-7(13)5-10/h6H,1-5,9-10H2,(H2,11,14)(H,12,13)/t6-/m1/s1. The second-order valence-corrected chi connectivity index (χ2v) is 3.01. The molecule has 0 saturated heterocycles. The summed E-state index contributed by atoms with van der Waals surface area (Å²) in [5.74, 6) is -0.912. The zero-order valence-electron chi connectivity index (χ0n) is 8.16. The average Bonchev–Trinajstić information content (AvgIpc) is 2.16. The van der Waals surface area contributed by atoms with E-state index < -0.39 is 11.9 Å². The van der Waals surface area contributed by atoms with Crippen LogP contribution in [0.4, 0.5) is 0 Å². The minimum absolute atomic E-state index is 0.138. The highest BCUT2D eigenvalue weighted by atomic mass is 16.2. The van der Waals surface area contributed by atoms with Crippen molar-refractivity contribution in [2.75, 3.05) is 13.1 Å². The van der Waals surface area contributed by atoms with Gasteiger partial charge in [-0.15, -0.1) is 0 Å². The lowest BCUT2D eigenvalue weighted by atomic mass is 10.1. The van der Waals surface area contributed by atoms with E-state index in [0.29, 0.717) is 13.0 Å². The van der Waals surface area contributed by atoms with Gasteiger partial charge in [-0.1, -0.05) is 0 Å². The van der Waals surface area contributed by atoms with Gasteiger partial charge in [0, 0.05) is 0 Å². The van der Waals surface area contributed by atoms with Gasteiger partial charge in [0.1, 0.15) is 6.04 Å². The number of primary amides is 1.